The fourth-order valence-corrected chi connectivity index (χ4v) is 9.00. The van der Waals surface area contributed by atoms with Gasteiger partial charge in [-0.25, -0.2) is 0 Å². The molecule has 2 heterocycles. The Bertz CT molecular complexity index is 3280. The number of rotatable bonds is 3. The molecule has 0 unspecified atom stereocenters. The summed E-state index contributed by atoms with van der Waals surface area (Å²) in [5.41, 5.74) is 11.0. The first-order valence-electron chi connectivity index (χ1n) is 18.9. The fraction of sp³-hybridized carbons (Fsp3) is 0.0769. The smallest absolute Gasteiger partial charge is 0.0547 e. The molecule has 0 aliphatic heterocycles. The second kappa shape index (κ2) is 11.4. The molecule has 0 radical (unpaired) electrons. The molecule has 0 spiro atoms. The van der Waals surface area contributed by atoms with E-state index >= 15 is 0 Å². The summed E-state index contributed by atoms with van der Waals surface area (Å²) in [5, 5.41) is 12.8. The Kier molecular flexibility index (Phi) is 6.55. The molecule has 0 fully saturated rings. The SMILES string of the molecule is CC(C)(C)c1cccc(-n2c3ccccc3c3ccc(-c4ccc5c6ccccc6n(-c6ccc7c8ccccc8c8ccccc8c7c6)c5c4)cc32)c1. The molecule has 256 valence electrons. The van der Waals surface area contributed by atoms with Gasteiger partial charge in [-0.05, 0) is 103 Å². The van der Waals surface area contributed by atoms with Gasteiger partial charge >= 0.3 is 0 Å². The van der Waals surface area contributed by atoms with Crippen molar-refractivity contribution in [3.63, 3.8) is 0 Å². The molecular formula is C52H38N2. The van der Waals surface area contributed by atoms with Crippen molar-refractivity contribution in [2.45, 2.75) is 26.2 Å². The molecule has 0 bridgehead atoms. The molecule has 54 heavy (non-hydrogen) atoms. The molecule has 11 rings (SSSR count). The maximum absolute atomic E-state index is 2.46. The molecule has 9 aromatic carbocycles. The Morgan fingerprint density at radius 3 is 1.22 bits per heavy atom. The monoisotopic (exact) mass is 690 g/mol. The zero-order chi connectivity index (χ0) is 36.1. The van der Waals surface area contributed by atoms with Crippen LogP contribution in [0.25, 0.3) is 98.4 Å². The van der Waals surface area contributed by atoms with Crippen LogP contribution in [0, 0.1) is 0 Å². The Hall–Kier alpha value is -6.64. The van der Waals surface area contributed by atoms with E-state index in [0.717, 1.165) is 0 Å². The fourth-order valence-electron chi connectivity index (χ4n) is 9.00. The zero-order valence-electron chi connectivity index (χ0n) is 30.6. The van der Waals surface area contributed by atoms with E-state index in [2.05, 4.69) is 206 Å². The Morgan fingerprint density at radius 1 is 0.296 bits per heavy atom. The van der Waals surface area contributed by atoms with E-state index < -0.39 is 0 Å². The van der Waals surface area contributed by atoms with Crippen molar-refractivity contribution < 1.29 is 0 Å². The van der Waals surface area contributed by atoms with Crippen molar-refractivity contribution in [3.8, 4) is 22.5 Å². The molecule has 11 aromatic rings. The number of fused-ring (bicyclic) bond motifs is 12. The maximum atomic E-state index is 2.46. The molecule has 2 aromatic heterocycles. The van der Waals surface area contributed by atoms with Crippen LogP contribution in [-0.4, -0.2) is 9.13 Å². The summed E-state index contributed by atoms with van der Waals surface area (Å²) in [7, 11) is 0. The van der Waals surface area contributed by atoms with E-state index in [0.29, 0.717) is 0 Å². The van der Waals surface area contributed by atoms with Crippen molar-refractivity contribution >= 4 is 75.9 Å². The molecular weight excluding hydrogens is 653 g/mol. The third kappa shape index (κ3) is 4.53. The molecule has 0 amide bonds. The van der Waals surface area contributed by atoms with Gasteiger partial charge in [0.15, 0.2) is 0 Å². The Balaban J connectivity index is 1.15. The van der Waals surface area contributed by atoms with Crippen molar-refractivity contribution in [1.29, 1.82) is 0 Å². The predicted octanol–water partition coefficient (Wildman–Crippen LogP) is 14.3. The zero-order valence-corrected chi connectivity index (χ0v) is 30.6. The van der Waals surface area contributed by atoms with Gasteiger partial charge in [0.1, 0.15) is 0 Å². The summed E-state index contributed by atoms with van der Waals surface area (Å²) >= 11 is 0. The van der Waals surface area contributed by atoms with Crippen molar-refractivity contribution in [2.24, 2.45) is 0 Å². The van der Waals surface area contributed by atoms with Gasteiger partial charge in [0.05, 0.1) is 22.1 Å². The van der Waals surface area contributed by atoms with Gasteiger partial charge < -0.3 is 9.13 Å². The summed E-state index contributed by atoms with van der Waals surface area (Å²) in [5.74, 6) is 0. The first-order valence-corrected chi connectivity index (χ1v) is 18.9. The standard InChI is InChI=1S/C52H38N2/c1-52(2,3)35-13-12-14-36(31-35)53-48-21-10-8-19-43(48)45-26-23-33(29-50(45)53)34-24-27-46-44-20-9-11-22-49(44)54(51(46)30-34)37-25-28-42-40-17-5-4-15-38(40)39-16-6-7-18-41(39)47(42)32-37/h4-32H,1-3H3. The summed E-state index contributed by atoms with van der Waals surface area (Å²) in [6.45, 7) is 6.86. The molecule has 0 saturated heterocycles. The van der Waals surface area contributed by atoms with Crippen LogP contribution in [0.2, 0.25) is 0 Å². The molecule has 0 atom stereocenters. The summed E-state index contributed by atoms with van der Waals surface area (Å²) in [6.07, 6.45) is 0. The average Bonchev–Trinajstić information content (AvgIpc) is 3.72. The minimum atomic E-state index is 0.0553. The number of nitrogens with zero attached hydrogens (tertiary/aromatic N) is 2. The van der Waals surface area contributed by atoms with Crippen molar-refractivity contribution in [3.05, 3.63) is 181 Å². The quantitative estimate of drug-likeness (QED) is 0.163. The lowest BCUT2D eigenvalue weighted by atomic mass is 9.87. The minimum absolute atomic E-state index is 0.0553. The van der Waals surface area contributed by atoms with Gasteiger partial charge in [-0.2, -0.15) is 0 Å². The highest BCUT2D eigenvalue weighted by Gasteiger charge is 2.19. The van der Waals surface area contributed by atoms with Gasteiger partial charge in [0, 0.05) is 32.9 Å². The van der Waals surface area contributed by atoms with Crippen molar-refractivity contribution in [1.82, 2.24) is 9.13 Å². The van der Waals surface area contributed by atoms with Crippen LogP contribution in [-0.2, 0) is 5.41 Å². The van der Waals surface area contributed by atoms with Crippen LogP contribution in [0.3, 0.4) is 0 Å². The lowest BCUT2D eigenvalue weighted by Crippen LogP contribution is -2.11. The first-order chi connectivity index (χ1) is 26.4. The lowest BCUT2D eigenvalue weighted by molar-refractivity contribution is 0.590. The summed E-state index contributed by atoms with van der Waals surface area (Å²) in [6, 6.07) is 65.4. The number of hydrogen-bond donors (Lipinski definition) is 0. The Labute approximate surface area is 314 Å². The lowest BCUT2D eigenvalue weighted by Gasteiger charge is -2.20. The molecule has 0 N–H and O–H groups in total. The summed E-state index contributed by atoms with van der Waals surface area (Å²) in [4.78, 5) is 0. The largest absolute Gasteiger partial charge is 0.309 e. The van der Waals surface area contributed by atoms with E-state index in [4.69, 9.17) is 0 Å². The van der Waals surface area contributed by atoms with Crippen LogP contribution in [0.15, 0.2) is 176 Å². The third-order valence-corrected chi connectivity index (χ3v) is 11.6. The van der Waals surface area contributed by atoms with E-state index in [9.17, 15) is 0 Å². The highest BCUT2D eigenvalue weighted by atomic mass is 15.0. The van der Waals surface area contributed by atoms with E-state index in [1.807, 2.05) is 0 Å². The van der Waals surface area contributed by atoms with Crippen molar-refractivity contribution in [2.75, 3.05) is 0 Å². The number of aromatic nitrogens is 2. The molecule has 0 aliphatic carbocycles. The van der Waals surface area contributed by atoms with Gasteiger partial charge in [0.2, 0.25) is 0 Å². The second-order valence-electron chi connectivity index (χ2n) is 15.8. The average molecular weight is 691 g/mol. The topological polar surface area (TPSA) is 9.86 Å². The van der Waals surface area contributed by atoms with Crippen LogP contribution in [0.1, 0.15) is 26.3 Å². The molecule has 2 heteroatoms. The van der Waals surface area contributed by atoms with Crippen LogP contribution in [0.4, 0.5) is 0 Å². The highest BCUT2D eigenvalue weighted by Crippen LogP contribution is 2.41. The normalized spacial score (nSPS) is 12.4. The van der Waals surface area contributed by atoms with Gasteiger partial charge in [-0.3, -0.25) is 0 Å². The second-order valence-corrected chi connectivity index (χ2v) is 15.8. The molecule has 0 aliphatic rings. The van der Waals surface area contributed by atoms with E-state index in [1.165, 1.54) is 104 Å². The van der Waals surface area contributed by atoms with Gasteiger partial charge in [-0.15, -0.1) is 0 Å². The number of para-hydroxylation sites is 2. The van der Waals surface area contributed by atoms with E-state index in [-0.39, 0.29) is 5.41 Å². The van der Waals surface area contributed by atoms with Crippen LogP contribution < -0.4 is 0 Å². The summed E-state index contributed by atoms with van der Waals surface area (Å²) < 4.78 is 4.91. The van der Waals surface area contributed by atoms with Gasteiger partial charge in [0.25, 0.3) is 0 Å². The minimum Gasteiger partial charge on any atom is -0.309 e. The molecule has 0 saturated carbocycles. The first kappa shape index (κ1) is 30.9. The highest BCUT2D eigenvalue weighted by molar-refractivity contribution is 6.25. The maximum Gasteiger partial charge on any atom is 0.0547 e. The van der Waals surface area contributed by atoms with E-state index in [1.54, 1.807) is 0 Å². The number of hydrogen-bond acceptors (Lipinski definition) is 0. The van der Waals surface area contributed by atoms with Crippen LogP contribution in [0.5, 0.6) is 0 Å². The predicted molar refractivity (Wildman–Crippen MR) is 232 cm³/mol. The van der Waals surface area contributed by atoms with Crippen LogP contribution >= 0.6 is 0 Å². The number of benzene rings is 9. The third-order valence-electron chi connectivity index (χ3n) is 11.6. The molecule has 2 nitrogen and oxygen atoms in total. The Morgan fingerprint density at radius 2 is 0.704 bits per heavy atom. The van der Waals surface area contributed by atoms with Gasteiger partial charge in [-0.1, -0.05) is 148 Å².